The van der Waals surface area contributed by atoms with Crippen molar-refractivity contribution in [3.63, 3.8) is 0 Å². The van der Waals surface area contributed by atoms with Gasteiger partial charge in [-0.2, -0.15) is 0 Å². The van der Waals surface area contributed by atoms with Crippen LogP contribution in [0.2, 0.25) is 0 Å². The van der Waals surface area contributed by atoms with Gasteiger partial charge in [0.2, 0.25) is 0 Å². The van der Waals surface area contributed by atoms with E-state index in [0.29, 0.717) is 0 Å². The van der Waals surface area contributed by atoms with Crippen LogP contribution in [-0.4, -0.2) is 6.54 Å². The topological polar surface area (TPSA) is 38.0 Å². The summed E-state index contributed by atoms with van der Waals surface area (Å²) in [4.78, 5) is 0. The average molecular weight is 255 g/mol. The van der Waals surface area contributed by atoms with Gasteiger partial charge in [0.15, 0.2) is 0 Å². The maximum Gasteiger partial charge on any atom is 0.0587 e. The molecule has 0 fully saturated rings. The number of nitrogen functional groups attached to an aromatic ring is 1. The molecule has 3 heteroatoms. The lowest BCUT2D eigenvalue weighted by Gasteiger charge is -2.07. The van der Waals surface area contributed by atoms with Crippen molar-refractivity contribution >= 4 is 27.3 Å². The van der Waals surface area contributed by atoms with E-state index in [1.165, 1.54) is 5.57 Å². The first-order chi connectivity index (χ1) is 6.59. The Morgan fingerprint density at radius 1 is 1.50 bits per heavy atom. The van der Waals surface area contributed by atoms with Crippen molar-refractivity contribution < 1.29 is 0 Å². The molecule has 0 aromatic heterocycles. The summed E-state index contributed by atoms with van der Waals surface area (Å²) in [6, 6.07) is 5.80. The number of allylic oxidation sites excluding steroid dienone is 1. The molecule has 1 aromatic rings. The van der Waals surface area contributed by atoms with Gasteiger partial charge < -0.3 is 11.1 Å². The maximum atomic E-state index is 5.80. The Morgan fingerprint density at radius 3 is 2.86 bits per heavy atom. The Hall–Kier alpha value is -0.960. The maximum absolute atomic E-state index is 5.80. The molecular formula is C11H15BrN2. The molecule has 0 aliphatic heterocycles. The SMILES string of the molecule is CC(C)=CCNc1cc(Br)ccc1N. The van der Waals surface area contributed by atoms with Crippen molar-refractivity contribution in [1.29, 1.82) is 0 Å². The summed E-state index contributed by atoms with van der Waals surface area (Å²) >= 11 is 3.41. The van der Waals surface area contributed by atoms with Gasteiger partial charge in [-0.25, -0.2) is 0 Å². The van der Waals surface area contributed by atoms with E-state index in [0.717, 1.165) is 22.4 Å². The summed E-state index contributed by atoms with van der Waals surface area (Å²) in [6.07, 6.45) is 2.13. The third-order valence-corrected chi connectivity index (χ3v) is 2.31. The van der Waals surface area contributed by atoms with E-state index in [-0.39, 0.29) is 0 Å². The summed E-state index contributed by atoms with van der Waals surface area (Å²) < 4.78 is 1.03. The number of nitrogens with two attached hydrogens (primary N) is 1. The fourth-order valence-electron chi connectivity index (χ4n) is 1.05. The molecule has 1 aromatic carbocycles. The summed E-state index contributed by atoms with van der Waals surface area (Å²) in [5.41, 5.74) is 8.84. The van der Waals surface area contributed by atoms with Gasteiger partial charge in [-0.05, 0) is 32.0 Å². The fourth-order valence-corrected chi connectivity index (χ4v) is 1.41. The third-order valence-electron chi connectivity index (χ3n) is 1.82. The van der Waals surface area contributed by atoms with Crippen LogP contribution in [0.4, 0.5) is 11.4 Å². The molecule has 0 amide bonds. The molecule has 0 radical (unpaired) electrons. The van der Waals surface area contributed by atoms with Crippen LogP contribution in [0, 0.1) is 0 Å². The van der Waals surface area contributed by atoms with Crippen LogP contribution in [0.1, 0.15) is 13.8 Å². The molecule has 0 unspecified atom stereocenters. The van der Waals surface area contributed by atoms with Gasteiger partial charge in [0.25, 0.3) is 0 Å². The van der Waals surface area contributed by atoms with Gasteiger partial charge in [0.05, 0.1) is 11.4 Å². The average Bonchev–Trinajstić information content (AvgIpc) is 2.10. The zero-order valence-corrected chi connectivity index (χ0v) is 10.1. The lowest BCUT2D eigenvalue weighted by atomic mass is 10.2. The minimum absolute atomic E-state index is 0.773. The monoisotopic (exact) mass is 254 g/mol. The minimum Gasteiger partial charge on any atom is -0.397 e. The van der Waals surface area contributed by atoms with Crippen molar-refractivity contribution in [2.24, 2.45) is 0 Å². The van der Waals surface area contributed by atoms with Crippen molar-refractivity contribution in [2.75, 3.05) is 17.6 Å². The molecule has 0 saturated carbocycles. The van der Waals surface area contributed by atoms with Crippen LogP contribution in [0.5, 0.6) is 0 Å². The smallest absolute Gasteiger partial charge is 0.0587 e. The number of hydrogen-bond acceptors (Lipinski definition) is 2. The molecular weight excluding hydrogens is 240 g/mol. The molecule has 0 heterocycles. The van der Waals surface area contributed by atoms with Gasteiger partial charge in [-0.3, -0.25) is 0 Å². The molecule has 0 saturated heterocycles. The number of anilines is 2. The van der Waals surface area contributed by atoms with Crippen molar-refractivity contribution in [1.82, 2.24) is 0 Å². The number of benzene rings is 1. The fraction of sp³-hybridized carbons (Fsp3) is 0.273. The first-order valence-electron chi connectivity index (χ1n) is 4.52. The zero-order chi connectivity index (χ0) is 10.6. The van der Waals surface area contributed by atoms with Crippen LogP contribution in [-0.2, 0) is 0 Å². The first kappa shape index (κ1) is 11.1. The minimum atomic E-state index is 0.773. The highest BCUT2D eigenvalue weighted by Gasteiger charge is 1.97. The molecule has 2 nitrogen and oxygen atoms in total. The van der Waals surface area contributed by atoms with E-state index in [2.05, 4.69) is 41.2 Å². The third kappa shape index (κ3) is 3.42. The van der Waals surface area contributed by atoms with Crippen molar-refractivity contribution in [2.45, 2.75) is 13.8 Å². The molecule has 0 aliphatic rings. The summed E-state index contributed by atoms with van der Waals surface area (Å²) in [5, 5.41) is 3.25. The Bertz CT molecular complexity index is 341. The van der Waals surface area contributed by atoms with Crippen molar-refractivity contribution in [3.05, 3.63) is 34.3 Å². The quantitative estimate of drug-likeness (QED) is 0.641. The number of hydrogen-bond donors (Lipinski definition) is 2. The van der Waals surface area contributed by atoms with Crippen LogP contribution >= 0.6 is 15.9 Å². The predicted octanol–water partition coefficient (Wildman–Crippen LogP) is 3.41. The summed E-state index contributed by atoms with van der Waals surface area (Å²) in [5.74, 6) is 0. The summed E-state index contributed by atoms with van der Waals surface area (Å²) in [6.45, 7) is 4.96. The molecule has 3 N–H and O–H groups in total. The van der Waals surface area contributed by atoms with Crippen molar-refractivity contribution in [3.8, 4) is 0 Å². The van der Waals surface area contributed by atoms with E-state index in [1.807, 2.05) is 18.2 Å². The van der Waals surface area contributed by atoms with E-state index < -0.39 is 0 Å². The van der Waals surface area contributed by atoms with Gasteiger partial charge in [0, 0.05) is 11.0 Å². The van der Waals surface area contributed by atoms with Crippen LogP contribution < -0.4 is 11.1 Å². The zero-order valence-electron chi connectivity index (χ0n) is 8.47. The molecule has 14 heavy (non-hydrogen) atoms. The van der Waals surface area contributed by atoms with Crippen LogP contribution in [0.3, 0.4) is 0 Å². The Kier molecular flexibility index (Phi) is 4.01. The second-order valence-electron chi connectivity index (χ2n) is 3.39. The number of nitrogens with one attached hydrogen (secondary N) is 1. The van der Waals surface area contributed by atoms with E-state index in [4.69, 9.17) is 5.73 Å². The second-order valence-corrected chi connectivity index (χ2v) is 4.31. The van der Waals surface area contributed by atoms with Gasteiger partial charge in [-0.1, -0.05) is 27.6 Å². The lowest BCUT2D eigenvalue weighted by Crippen LogP contribution is -2.02. The van der Waals surface area contributed by atoms with E-state index in [1.54, 1.807) is 0 Å². The van der Waals surface area contributed by atoms with Gasteiger partial charge in [0.1, 0.15) is 0 Å². The number of halogens is 1. The second kappa shape index (κ2) is 5.05. The largest absolute Gasteiger partial charge is 0.397 e. The van der Waals surface area contributed by atoms with E-state index >= 15 is 0 Å². The molecule has 0 bridgehead atoms. The molecule has 0 spiro atoms. The molecule has 0 atom stereocenters. The Morgan fingerprint density at radius 2 is 2.21 bits per heavy atom. The molecule has 1 rings (SSSR count). The highest BCUT2D eigenvalue weighted by molar-refractivity contribution is 9.10. The summed E-state index contributed by atoms with van der Waals surface area (Å²) in [7, 11) is 0. The van der Waals surface area contributed by atoms with Crippen LogP contribution in [0.25, 0.3) is 0 Å². The Balaban J connectivity index is 2.67. The molecule has 0 aliphatic carbocycles. The standard InChI is InChI=1S/C11H15BrN2/c1-8(2)5-6-14-11-7-9(12)3-4-10(11)13/h3-5,7,14H,6,13H2,1-2H3. The Labute approximate surface area is 93.3 Å². The molecule has 76 valence electrons. The van der Waals surface area contributed by atoms with Gasteiger partial charge >= 0.3 is 0 Å². The number of rotatable bonds is 3. The highest BCUT2D eigenvalue weighted by Crippen LogP contribution is 2.22. The van der Waals surface area contributed by atoms with Gasteiger partial charge in [-0.15, -0.1) is 0 Å². The normalized spacial score (nSPS) is 9.64. The lowest BCUT2D eigenvalue weighted by molar-refractivity contribution is 1.26. The first-order valence-corrected chi connectivity index (χ1v) is 5.31. The van der Waals surface area contributed by atoms with E-state index in [9.17, 15) is 0 Å². The predicted molar refractivity (Wildman–Crippen MR) is 66.5 cm³/mol. The highest BCUT2D eigenvalue weighted by atomic mass is 79.9. The van der Waals surface area contributed by atoms with Crippen LogP contribution in [0.15, 0.2) is 34.3 Å².